The molecule has 0 unspecified atom stereocenters. The highest BCUT2D eigenvalue weighted by Crippen LogP contribution is 2.45. The van der Waals surface area contributed by atoms with Gasteiger partial charge < -0.3 is 9.30 Å². The topological polar surface area (TPSA) is 101 Å². The first kappa shape index (κ1) is 25.4. The summed E-state index contributed by atoms with van der Waals surface area (Å²) in [6, 6.07) is 3.24. The molecule has 2 saturated carbocycles. The fraction of sp³-hybridized carbons (Fsp3) is 0.481. The van der Waals surface area contributed by atoms with Gasteiger partial charge in [-0.25, -0.2) is 24.9 Å². The van der Waals surface area contributed by atoms with Crippen LogP contribution in [0.15, 0.2) is 35.6 Å². The molecule has 39 heavy (non-hydrogen) atoms. The third-order valence-electron chi connectivity index (χ3n) is 7.80. The summed E-state index contributed by atoms with van der Waals surface area (Å²) >= 11 is 0. The molecule has 6 rings (SSSR count). The Morgan fingerprint density at radius 1 is 1.00 bits per heavy atom. The summed E-state index contributed by atoms with van der Waals surface area (Å²) < 4.78 is 48.1. The van der Waals surface area contributed by atoms with Crippen LogP contribution in [0.25, 0.3) is 22.4 Å². The van der Waals surface area contributed by atoms with Gasteiger partial charge in [-0.3, -0.25) is 9.36 Å². The zero-order valence-corrected chi connectivity index (χ0v) is 21.6. The van der Waals surface area contributed by atoms with Gasteiger partial charge >= 0.3 is 6.18 Å². The molecule has 0 saturated heterocycles. The highest BCUT2D eigenvalue weighted by Gasteiger charge is 2.36. The Labute approximate surface area is 222 Å². The third-order valence-corrected chi connectivity index (χ3v) is 7.80. The number of imidazole rings is 1. The van der Waals surface area contributed by atoms with Gasteiger partial charge in [-0.2, -0.15) is 13.2 Å². The Morgan fingerprint density at radius 2 is 1.74 bits per heavy atom. The van der Waals surface area contributed by atoms with Gasteiger partial charge in [0.1, 0.15) is 23.4 Å². The second kappa shape index (κ2) is 9.73. The standard InChI is InChI=1S/C27H28F3N7O2/c1-36-13-19(27(28,29)30)34-24(36)17-5-3-15(4-6-17)12-37-20(38)10-9-18-11-31-23(35-25(18)37)21-22(16-7-8-16)32-14-33-26(21)39-2/h9-11,13-17H,3-8,12H2,1-2H3. The SMILES string of the molecule is COc1ncnc(C2CC2)c1-c1ncc2ccc(=O)n(CC3CCC(c4nc(C(F)(F)F)cn4C)CC3)c2n1. The lowest BCUT2D eigenvalue weighted by atomic mass is 9.81. The molecule has 0 aliphatic heterocycles. The van der Waals surface area contributed by atoms with Crippen LogP contribution in [0.3, 0.4) is 0 Å². The van der Waals surface area contributed by atoms with Crippen LogP contribution in [0.5, 0.6) is 5.88 Å². The van der Waals surface area contributed by atoms with Gasteiger partial charge in [-0.15, -0.1) is 0 Å². The molecule has 4 aromatic rings. The first-order valence-electron chi connectivity index (χ1n) is 13.1. The molecule has 2 aliphatic rings. The van der Waals surface area contributed by atoms with E-state index in [1.165, 1.54) is 17.0 Å². The molecule has 204 valence electrons. The van der Waals surface area contributed by atoms with Crippen molar-refractivity contribution in [2.24, 2.45) is 13.0 Å². The molecule has 12 heteroatoms. The highest BCUT2D eigenvalue weighted by atomic mass is 19.4. The molecule has 4 aromatic heterocycles. The van der Waals surface area contributed by atoms with Crippen molar-refractivity contribution in [3.8, 4) is 17.3 Å². The van der Waals surface area contributed by atoms with E-state index < -0.39 is 11.9 Å². The summed E-state index contributed by atoms with van der Waals surface area (Å²) in [5, 5.41) is 0.739. The summed E-state index contributed by atoms with van der Waals surface area (Å²) in [5.41, 5.74) is 1.02. The summed E-state index contributed by atoms with van der Waals surface area (Å²) in [4.78, 5) is 35.1. The summed E-state index contributed by atoms with van der Waals surface area (Å²) in [6.07, 6.45) is 4.79. The molecule has 2 fully saturated rings. The van der Waals surface area contributed by atoms with Crippen LogP contribution in [-0.4, -0.2) is 41.2 Å². The second-order valence-electron chi connectivity index (χ2n) is 10.5. The van der Waals surface area contributed by atoms with E-state index in [9.17, 15) is 18.0 Å². The number of aromatic nitrogens is 7. The Balaban J connectivity index is 1.27. The van der Waals surface area contributed by atoms with Gasteiger partial charge in [-0.05, 0) is 50.5 Å². The van der Waals surface area contributed by atoms with Crippen molar-refractivity contribution in [3.63, 3.8) is 0 Å². The van der Waals surface area contributed by atoms with Crippen LogP contribution >= 0.6 is 0 Å². The van der Waals surface area contributed by atoms with Crippen molar-refractivity contribution in [3.05, 3.63) is 58.4 Å². The van der Waals surface area contributed by atoms with Crippen molar-refractivity contribution in [1.82, 2.24) is 34.1 Å². The normalized spacial score (nSPS) is 19.9. The number of fused-ring (bicyclic) bond motifs is 1. The minimum Gasteiger partial charge on any atom is -0.480 e. The second-order valence-corrected chi connectivity index (χ2v) is 10.5. The lowest BCUT2D eigenvalue weighted by Gasteiger charge is -2.28. The first-order valence-corrected chi connectivity index (χ1v) is 13.1. The highest BCUT2D eigenvalue weighted by molar-refractivity contribution is 5.77. The van der Waals surface area contributed by atoms with Crippen LogP contribution in [0, 0.1) is 5.92 Å². The van der Waals surface area contributed by atoms with Gasteiger partial charge in [0.2, 0.25) is 5.88 Å². The largest absolute Gasteiger partial charge is 0.480 e. The molecule has 0 spiro atoms. The zero-order chi connectivity index (χ0) is 27.3. The molecule has 9 nitrogen and oxygen atoms in total. The fourth-order valence-corrected chi connectivity index (χ4v) is 5.64. The number of ether oxygens (including phenoxy) is 1. The Morgan fingerprint density at radius 3 is 2.41 bits per heavy atom. The van der Waals surface area contributed by atoms with Gasteiger partial charge in [0.05, 0.1) is 12.8 Å². The molecule has 0 radical (unpaired) electrons. The Kier molecular flexibility index (Phi) is 6.35. The van der Waals surface area contributed by atoms with E-state index >= 15 is 0 Å². The minimum atomic E-state index is -4.46. The molecule has 2 aliphatic carbocycles. The van der Waals surface area contributed by atoms with Crippen molar-refractivity contribution in [2.75, 3.05) is 7.11 Å². The van der Waals surface area contributed by atoms with Crippen LogP contribution in [0.2, 0.25) is 0 Å². The predicted octanol–water partition coefficient (Wildman–Crippen LogP) is 4.86. The lowest BCUT2D eigenvalue weighted by molar-refractivity contribution is -0.141. The van der Waals surface area contributed by atoms with E-state index in [0.29, 0.717) is 54.0 Å². The number of hydrogen-bond donors (Lipinski definition) is 0. The van der Waals surface area contributed by atoms with Crippen molar-refractivity contribution in [2.45, 2.75) is 63.1 Å². The van der Waals surface area contributed by atoms with Gasteiger partial charge in [0, 0.05) is 49.3 Å². The Bertz CT molecular complexity index is 1580. The van der Waals surface area contributed by atoms with E-state index in [1.807, 2.05) is 0 Å². The average molecular weight is 540 g/mol. The van der Waals surface area contributed by atoms with Crippen molar-refractivity contribution in [1.29, 1.82) is 0 Å². The number of pyridine rings is 1. The van der Waals surface area contributed by atoms with E-state index in [0.717, 1.165) is 43.0 Å². The maximum Gasteiger partial charge on any atom is 0.434 e. The number of rotatable bonds is 6. The van der Waals surface area contributed by atoms with E-state index in [2.05, 4.69) is 19.9 Å². The van der Waals surface area contributed by atoms with Gasteiger partial charge in [-0.1, -0.05) is 0 Å². The predicted molar refractivity (Wildman–Crippen MR) is 136 cm³/mol. The smallest absolute Gasteiger partial charge is 0.434 e. The number of halogens is 3. The van der Waals surface area contributed by atoms with Crippen LogP contribution in [-0.2, 0) is 19.8 Å². The number of aryl methyl sites for hydroxylation is 1. The third kappa shape index (κ3) is 4.87. The van der Waals surface area contributed by atoms with Crippen LogP contribution < -0.4 is 10.3 Å². The van der Waals surface area contributed by atoms with Crippen molar-refractivity contribution >= 4 is 11.0 Å². The van der Waals surface area contributed by atoms with E-state index in [1.54, 1.807) is 31.0 Å². The van der Waals surface area contributed by atoms with Gasteiger partial charge in [0.15, 0.2) is 11.5 Å². The maximum atomic E-state index is 13.1. The number of alkyl halides is 3. The van der Waals surface area contributed by atoms with Crippen LogP contribution in [0.1, 0.15) is 67.6 Å². The lowest BCUT2D eigenvalue weighted by Crippen LogP contribution is -2.27. The summed E-state index contributed by atoms with van der Waals surface area (Å²) in [7, 11) is 3.16. The average Bonchev–Trinajstić information content (AvgIpc) is 3.70. The quantitative estimate of drug-likeness (QED) is 0.345. The summed E-state index contributed by atoms with van der Waals surface area (Å²) in [6.45, 7) is 0.464. The fourth-order valence-electron chi connectivity index (χ4n) is 5.64. The minimum absolute atomic E-state index is 0.0492. The molecular weight excluding hydrogens is 511 g/mol. The molecular formula is C27H28F3N7O2. The van der Waals surface area contributed by atoms with Crippen molar-refractivity contribution < 1.29 is 17.9 Å². The maximum absolute atomic E-state index is 13.1. The zero-order valence-electron chi connectivity index (χ0n) is 21.6. The number of hydrogen-bond acceptors (Lipinski definition) is 7. The molecule has 0 bridgehead atoms. The van der Waals surface area contributed by atoms with E-state index in [4.69, 9.17) is 9.72 Å². The summed E-state index contributed by atoms with van der Waals surface area (Å²) in [5.74, 6) is 1.73. The molecule has 0 amide bonds. The van der Waals surface area contributed by atoms with Crippen LogP contribution in [0.4, 0.5) is 13.2 Å². The monoisotopic (exact) mass is 539 g/mol. The number of methoxy groups -OCH3 is 1. The Hall–Kier alpha value is -3.83. The molecule has 0 aromatic carbocycles. The molecule has 4 heterocycles. The van der Waals surface area contributed by atoms with E-state index in [-0.39, 0.29) is 17.4 Å². The number of nitrogens with zero attached hydrogens (tertiary/aromatic N) is 7. The first-order chi connectivity index (χ1) is 18.7. The molecule has 0 atom stereocenters. The van der Waals surface area contributed by atoms with Gasteiger partial charge in [0.25, 0.3) is 5.56 Å². The molecule has 0 N–H and O–H groups in total.